The number of amidine groups is 1. The second kappa shape index (κ2) is 3.21. The molecule has 3 nitrogen and oxygen atoms in total. The van der Waals surface area contributed by atoms with Crippen molar-refractivity contribution in [3.05, 3.63) is 0 Å². The van der Waals surface area contributed by atoms with Crippen LogP contribution in [0.1, 0.15) is 20.8 Å². The van der Waals surface area contributed by atoms with E-state index in [1.807, 2.05) is 13.8 Å². The molecule has 0 aliphatic carbocycles. The molecule has 0 saturated carbocycles. The number of nitriles is 1. The van der Waals surface area contributed by atoms with Gasteiger partial charge in [-0.05, 0) is 20.8 Å². The zero-order valence-corrected chi connectivity index (χ0v) is 6.68. The fourth-order valence-corrected chi connectivity index (χ4v) is 0.358. The Morgan fingerprint density at radius 1 is 1.70 bits per heavy atom. The summed E-state index contributed by atoms with van der Waals surface area (Å²) in [6.07, 6.45) is 0. The van der Waals surface area contributed by atoms with E-state index >= 15 is 0 Å². The Morgan fingerprint density at radius 2 is 2.20 bits per heavy atom. The van der Waals surface area contributed by atoms with Crippen molar-refractivity contribution < 1.29 is 0 Å². The van der Waals surface area contributed by atoms with Gasteiger partial charge in [-0.25, -0.2) is 0 Å². The van der Waals surface area contributed by atoms with Crippen LogP contribution in [0.4, 0.5) is 0 Å². The summed E-state index contributed by atoms with van der Waals surface area (Å²) in [5, 5.41) is 8.55. The van der Waals surface area contributed by atoms with Crippen molar-refractivity contribution in [2.45, 2.75) is 20.8 Å². The maximum atomic E-state index is 8.55. The average molecular weight is 139 g/mol. The first-order chi connectivity index (χ1) is 4.48. The Labute approximate surface area is 61.6 Å². The van der Waals surface area contributed by atoms with E-state index in [0.717, 1.165) is 0 Å². The van der Waals surface area contributed by atoms with Gasteiger partial charge in [0, 0.05) is 0 Å². The molecule has 2 N–H and O–H groups in total. The van der Waals surface area contributed by atoms with Gasteiger partial charge in [0.25, 0.3) is 0 Å². The van der Waals surface area contributed by atoms with Gasteiger partial charge in [-0.1, -0.05) is 0 Å². The summed E-state index contributed by atoms with van der Waals surface area (Å²) in [5.74, 6) is 0.531. The first-order valence-corrected chi connectivity index (χ1v) is 3.16. The van der Waals surface area contributed by atoms with E-state index < -0.39 is 0 Å². The number of nitrogens with zero attached hydrogens (tertiary/aromatic N) is 2. The van der Waals surface area contributed by atoms with Gasteiger partial charge in [0.05, 0.1) is 23.9 Å². The lowest BCUT2D eigenvalue weighted by atomic mass is 9.96. The third-order valence-corrected chi connectivity index (χ3v) is 1.03. The minimum Gasteiger partial charge on any atom is -0.388 e. The maximum Gasteiger partial charge on any atom is 0.0906 e. The number of nitrogens with two attached hydrogens (primary N) is 1. The van der Waals surface area contributed by atoms with Gasteiger partial charge in [0.2, 0.25) is 0 Å². The van der Waals surface area contributed by atoms with Gasteiger partial charge in [0.15, 0.2) is 0 Å². The lowest BCUT2D eigenvalue weighted by molar-refractivity contribution is 0.512. The van der Waals surface area contributed by atoms with Crippen LogP contribution >= 0.6 is 0 Å². The summed E-state index contributed by atoms with van der Waals surface area (Å²) in [6, 6.07) is 2.13. The number of aliphatic imine (C=N–C) groups is 1. The third-order valence-electron chi connectivity index (χ3n) is 1.03. The van der Waals surface area contributed by atoms with Crippen molar-refractivity contribution in [3.8, 4) is 6.07 Å². The molecular weight excluding hydrogens is 126 g/mol. The average Bonchev–Trinajstić information content (AvgIpc) is 1.85. The first kappa shape index (κ1) is 8.96. The van der Waals surface area contributed by atoms with Crippen molar-refractivity contribution in [3.63, 3.8) is 0 Å². The lowest BCUT2D eigenvalue weighted by Gasteiger charge is -2.10. The van der Waals surface area contributed by atoms with E-state index in [-0.39, 0.29) is 5.41 Å². The quantitative estimate of drug-likeness (QED) is 0.456. The van der Waals surface area contributed by atoms with Crippen LogP contribution in [0.3, 0.4) is 0 Å². The van der Waals surface area contributed by atoms with E-state index in [4.69, 9.17) is 11.0 Å². The molecule has 0 aromatic carbocycles. The molecule has 0 bridgehead atoms. The molecule has 0 aliphatic rings. The van der Waals surface area contributed by atoms with Gasteiger partial charge < -0.3 is 5.73 Å². The van der Waals surface area contributed by atoms with Gasteiger partial charge in [-0.15, -0.1) is 0 Å². The normalized spacial score (nSPS) is 12.8. The smallest absolute Gasteiger partial charge is 0.0906 e. The Balaban J connectivity index is 3.94. The van der Waals surface area contributed by atoms with Crippen LogP contribution in [-0.4, -0.2) is 12.4 Å². The minimum absolute atomic E-state index is 0.388. The largest absolute Gasteiger partial charge is 0.388 e. The summed E-state index contributed by atoms with van der Waals surface area (Å²) in [7, 11) is 0. The molecule has 0 aromatic heterocycles. The number of hydrogen-bond donors (Lipinski definition) is 1. The molecule has 10 heavy (non-hydrogen) atoms. The maximum absolute atomic E-state index is 8.55. The molecule has 0 heterocycles. The third kappa shape index (κ3) is 3.90. The monoisotopic (exact) mass is 139 g/mol. The van der Waals surface area contributed by atoms with Crippen molar-refractivity contribution >= 4 is 5.84 Å². The molecule has 56 valence electrons. The van der Waals surface area contributed by atoms with Crippen LogP contribution in [0, 0.1) is 16.7 Å². The summed E-state index contributed by atoms with van der Waals surface area (Å²) in [4.78, 5) is 3.94. The molecule has 0 atom stereocenters. The predicted octanol–water partition coefficient (Wildman–Crippen LogP) is 0.913. The molecule has 0 unspecified atom stereocenters. The molecule has 3 heteroatoms. The molecule has 0 spiro atoms. The molecule has 0 rings (SSSR count). The van der Waals surface area contributed by atoms with Gasteiger partial charge in [0.1, 0.15) is 0 Å². The Kier molecular flexibility index (Phi) is 2.88. The van der Waals surface area contributed by atoms with Crippen molar-refractivity contribution in [2.24, 2.45) is 16.1 Å². The SMILES string of the molecule is CC(N)=NCC(C)(C)C#N. The lowest BCUT2D eigenvalue weighted by Crippen LogP contribution is -2.16. The summed E-state index contributed by atoms with van der Waals surface area (Å²) < 4.78 is 0. The van der Waals surface area contributed by atoms with Crippen LogP contribution < -0.4 is 5.73 Å². The van der Waals surface area contributed by atoms with Crippen molar-refractivity contribution in [1.29, 1.82) is 5.26 Å². The fourth-order valence-electron chi connectivity index (χ4n) is 0.358. The van der Waals surface area contributed by atoms with Crippen molar-refractivity contribution in [1.82, 2.24) is 0 Å². The highest BCUT2D eigenvalue weighted by molar-refractivity contribution is 5.77. The molecular formula is C7H13N3. The van der Waals surface area contributed by atoms with Gasteiger partial charge in [-0.2, -0.15) is 5.26 Å². The van der Waals surface area contributed by atoms with Crippen LogP contribution in [-0.2, 0) is 0 Å². The second-order valence-electron chi connectivity index (χ2n) is 2.95. The summed E-state index contributed by atoms with van der Waals surface area (Å²) in [6.45, 7) is 5.86. The molecule has 0 radical (unpaired) electrons. The highest BCUT2D eigenvalue weighted by Crippen LogP contribution is 2.12. The van der Waals surface area contributed by atoms with Crippen LogP contribution in [0.2, 0.25) is 0 Å². The Morgan fingerprint density at radius 3 is 2.50 bits per heavy atom. The van der Waals surface area contributed by atoms with Crippen LogP contribution in [0.25, 0.3) is 0 Å². The van der Waals surface area contributed by atoms with Gasteiger partial charge >= 0.3 is 0 Å². The zero-order chi connectivity index (χ0) is 8.20. The van der Waals surface area contributed by atoms with E-state index in [1.54, 1.807) is 6.92 Å². The molecule has 0 aliphatic heterocycles. The topological polar surface area (TPSA) is 62.2 Å². The van der Waals surface area contributed by atoms with E-state index in [0.29, 0.717) is 12.4 Å². The van der Waals surface area contributed by atoms with E-state index in [9.17, 15) is 0 Å². The van der Waals surface area contributed by atoms with Gasteiger partial charge in [-0.3, -0.25) is 4.99 Å². The highest BCUT2D eigenvalue weighted by atomic mass is 14.8. The number of hydrogen-bond acceptors (Lipinski definition) is 2. The standard InChI is InChI=1S/C7H13N3/c1-6(9)10-5-7(2,3)4-8/h5H2,1-3H3,(H2,9,10). The number of rotatable bonds is 2. The molecule has 0 fully saturated rings. The van der Waals surface area contributed by atoms with Crippen LogP contribution in [0.5, 0.6) is 0 Å². The Hall–Kier alpha value is -1.04. The fraction of sp³-hybridized carbons (Fsp3) is 0.714. The van der Waals surface area contributed by atoms with Crippen LogP contribution in [0.15, 0.2) is 4.99 Å². The molecule has 0 saturated heterocycles. The minimum atomic E-state index is -0.388. The Bertz CT molecular complexity index is 170. The van der Waals surface area contributed by atoms with Crippen molar-refractivity contribution in [2.75, 3.05) is 6.54 Å². The summed E-state index contributed by atoms with van der Waals surface area (Å²) in [5.41, 5.74) is 4.91. The van der Waals surface area contributed by atoms with E-state index in [1.165, 1.54) is 0 Å². The molecule has 0 amide bonds. The highest BCUT2D eigenvalue weighted by Gasteiger charge is 2.14. The second-order valence-corrected chi connectivity index (χ2v) is 2.95. The van der Waals surface area contributed by atoms with E-state index in [2.05, 4.69) is 11.1 Å². The first-order valence-electron chi connectivity index (χ1n) is 3.16. The molecule has 0 aromatic rings. The zero-order valence-electron chi connectivity index (χ0n) is 6.68. The summed E-state index contributed by atoms with van der Waals surface area (Å²) >= 11 is 0. The predicted molar refractivity (Wildman–Crippen MR) is 41.6 cm³/mol.